The van der Waals surface area contributed by atoms with Crippen LogP contribution in [0.4, 0.5) is 5.69 Å². The van der Waals surface area contributed by atoms with Gasteiger partial charge in [0.1, 0.15) is 0 Å². The van der Waals surface area contributed by atoms with Crippen LogP contribution in [0.2, 0.25) is 0 Å². The number of carboxylic acid groups (broad SMARTS) is 1. The lowest BCUT2D eigenvalue weighted by Gasteiger charge is -2.11. The molecule has 0 aromatic heterocycles. The van der Waals surface area contributed by atoms with Crippen LogP contribution in [0.3, 0.4) is 0 Å². The van der Waals surface area contributed by atoms with Crippen molar-refractivity contribution in [2.24, 2.45) is 0 Å². The number of hydrogen-bond donors (Lipinski definition) is 2. The molecule has 3 aromatic carbocycles. The number of carbonyl (C=O) groups is 2. The van der Waals surface area contributed by atoms with Crippen molar-refractivity contribution in [3.05, 3.63) is 77.9 Å². The van der Waals surface area contributed by atoms with Crippen LogP contribution in [-0.4, -0.2) is 17.0 Å². The normalized spacial score (nSPS) is 10.2. The fourth-order valence-electron chi connectivity index (χ4n) is 2.36. The van der Waals surface area contributed by atoms with Crippen LogP contribution in [0.25, 0.3) is 10.8 Å². The largest absolute Gasteiger partial charge is 0.545 e. The fraction of sp³-hybridized carbons (Fsp3) is 0. The van der Waals surface area contributed by atoms with Gasteiger partial charge in [0.05, 0.1) is 5.97 Å². The molecule has 0 spiro atoms. The van der Waals surface area contributed by atoms with E-state index in [0.717, 1.165) is 10.8 Å². The molecule has 3 aromatic rings. The summed E-state index contributed by atoms with van der Waals surface area (Å²) in [5.74, 6) is -1.58. The fourth-order valence-corrected chi connectivity index (χ4v) is 2.57. The number of thiocarbonyl (C=S) groups is 1. The number of nitrogens with one attached hydrogen (secondary N) is 2. The molecule has 1 amide bonds. The summed E-state index contributed by atoms with van der Waals surface area (Å²) < 4.78 is 0. The molecule has 0 saturated heterocycles. The van der Waals surface area contributed by atoms with Crippen LogP contribution in [0, 0.1) is 0 Å². The molecule has 0 heterocycles. The molecule has 6 heteroatoms. The molecular formula is C19H13N2O3S-. The molecule has 0 aliphatic rings. The third-order valence-corrected chi connectivity index (χ3v) is 3.82. The first kappa shape index (κ1) is 16.6. The highest BCUT2D eigenvalue weighted by Gasteiger charge is 2.09. The number of amides is 1. The van der Waals surface area contributed by atoms with Gasteiger partial charge in [-0.25, -0.2) is 0 Å². The smallest absolute Gasteiger partial charge is 0.257 e. The first-order valence-electron chi connectivity index (χ1n) is 7.45. The van der Waals surface area contributed by atoms with Gasteiger partial charge >= 0.3 is 0 Å². The topological polar surface area (TPSA) is 81.3 Å². The van der Waals surface area contributed by atoms with Gasteiger partial charge in [-0.1, -0.05) is 42.5 Å². The third-order valence-electron chi connectivity index (χ3n) is 3.62. The minimum Gasteiger partial charge on any atom is -0.545 e. The molecule has 124 valence electrons. The average Bonchev–Trinajstić information content (AvgIpc) is 2.61. The predicted octanol–water partition coefficient (Wildman–Crippen LogP) is 2.33. The van der Waals surface area contributed by atoms with Gasteiger partial charge in [0, 0.05) is 11.3 Å². The van der Waals surface area contributed by atoms with Crippen molar-refractivity contribution in [3.63, 3.8) is 0 Å². The second kappa shape index (κ2) is 7.11. The Morgan fingerprint density at radius 1 is 0.840 bits per heavy atom. The molecule has 0 aliphatic carbocycles. The van der Waals surface area contributed by atoms with Crippen molar-refractivity contribution in [2.45, 2.75) is 0 Å². The zero-order valence-electron chi connectivity index (χ0n) is 13.0. The van der Waals surface area contributed by atoms with Gasteiger partial charge in [-0.15, -0.1) is 0 Å². The van der Waals surface area contributed by atoms with Gasteiger partial charge in [0.15, 0.2) is 5.11 Å². The van der Waals surface area contributed by atoms with E-state index in [9.17, 15) is 14.7 Å². The molecule has 0 bridgehead atoms. The molecule has 0 fully saturated rings. The van der Waals surface area contributed by atoms with Gasteiger partial charge in [0.25, 0.3) is 5.91 Å². The van der Waals surface area contributed by atoms with Crippen molar-refractivity contribution in [1.29, 1.82) is 0 Å². The van der Waals surface area contributed by atoms with E-state index < -0.39 is 5.97 Å². The highest BCUT2D eigenvalue weighted by Crippen LogP contribution is 2.15. The van der Waals surface area contributed by atoms with Gasteiger partial charge in [-0.2, -0.15) is 0 Å². The Labute approximate surface area is 149 Å². The van der Waals surface area contributed by atoms with Crippen molar-refractivity contribution in [3.8, 4) is 0 Å². The van der Waals surface area contributed by atoms with Crippen molar-refractivity contribution < 1.29 is 14.7 Å². The van der Waals surface area contributed by atoms with E-state index in [4.69, 9.17) is 12.2 Å². The minimum absolute atomic E-state index is 0.0664. The second-order valence-corrected chi connectivity index (χ2v) is 5.74. The van der Waals surface area contributed by atoms with E-state index in [1.54, 1.807) is 24.3 Å². The van der Waals surface area contributed by atoms with Crippen LogP contribution in [-0.2, 0) is 0 Å². The number of carbonyl (C=O) groups excluding carboxylic acids is 2. The quantitative estimate of drug-likeness (QED) is 0.709. The van der Waals surface area contributed by atoms with Gasteiger partial charge in [0.2, 0.25) is 0 Å². The monoisotopic (exact) mass is 349 g/mol. The van der Waals surface area contributed by atoms with E-state index in [1.165, 1.54) is 12.1 Å². The Balaban J connectivity index is 1.67. The molecule has 0 radical (unpaired) electrons. The zero-order chi connectivity index (χ0) is 17.8. The Bertz CT molecular complexity index is 968. The van der Waals surface area contributed by atoms with Crippen LogP contribution in [0.15, 0.2) is 66.7 Å². The summed E-state index contributed by atoms with van der Waals surface area (Å²) in [6, 6.07) is 19.0. The Hall–Kier alpha value is -3.25. The van der Waals surface area contributed by atoms with Crippen molar-refractivity contribution in [2.75, 3.05) is 5.32 Å². The van der Waals surface area contributed by atoms with Crippen LogP contribution >= 0.6 is 12.2 Å². The number of aromatic carboxylic acids is 1. The molecule has 25 heavy (non-hydrogen) atoms. The highest BCUT2D eigenvalue weighted by molar-refractivity contribution is 7.80. The van der Waals surface area contributed by atoms with E-state index in [2.05, 4.69) is 10.6 Å². The molecule has 5 nitrogen and oxygen atoms in total. The Morgan fingerprint density at radius 3 is 2.16 bits per heavy atom. The SMILES string of the molecule is O=C([O-])c1ccc(NC(=S)NC(=O)c2ccc3ccccc3c2)cc1. The van der Waals surface area contributed by atoms with E-state index >= 15 is 0 Å². The first-order chi connectivity index (χ1) is 12.0. The van der Waals surface area contributed by atoms with Crippen LogP contribution in [0.5, 0.6) is 0 Å². The van der Waals surface area contributed by atoms with E-state index in [-0.39, 0.29) is 16.6 Å². The van der Waals surface area contributed by atoms with Crippen LogP contribution in [0.1, 0.15) is 20.7 Å². The summed E-state index contributed by atoms with van der Waals surface area (Å²) in [7, 11) is 0. The summed E-state index contributed by atoms with van der Waals surface area (Å²) in [5, 5.41) is 18.3. The lowest BCUT2D eigenvalue weighted by atomic mass is 10.1. The predicted molar refractivity (Wildman–Crippen MR) is 98.4 cm³/mol. The number of anilines is 1. The molecule has 0 aliphatic heterocycles. The third kappa shape index (κ3) is 3.99. The Kier molecular flexibility index (Phi) is 4.72. The highest BCUT2D eigenvalue weighted by atomic mass is 32.1. The summed E-state index contributed by atoms with van der Waals surface area (Å²) >= 11 is 5.12. The molecule has 0 atom stereocenters. The first-order valence-corrected chi connectivity index (χ1v) is 7.86. The Morgan fingerprint density at radius 2 is 1.48 bits per heavy atom. The maximum atomic E-state index is 12.3. The van der Waals surface area contributed by atoms with Crippen LogP contribution < -0.4 is 15.7 Å². The number of carboxylic acids is 1. The van der Waals surface area contributed by atoms with Gasteiger partial charge in [-0.05, 0) is 52.8 Å². The number of rotatable bonds is 3. The molecule has 0 saturated carbocycles. The van der Waals surface area contributed by atoms with Gasteiger partial charge < -0.3 is 15.2 Å². The molecule has 2 N–H and O–H groups in total. The minimum atomic E-state index is -1.25. The van der Waals surface area contributed by atoms with E-state index in [1.807, 2.05) is 30.3 Å². The standard InChI is InChI=1S/C19H14N2O3S/c22-17(15-6-5-12-3-1-2-4-14(12)11-15)21-19(25)20-16-9-7-13(8-10-16)18(23)24/h1-11H,(H,23,24)(H2,20,21,22,25)/p-1. The number of hydrogen-bond acceptors (Lipinski definition) is 4. The summed E-state index contributed by atoms with van der Waals surface area (Å²) in [5.41, 5.74) is 1.13. The number of benzene rings is 3. The summed E-state index contributed by atoms with van der Waals surface area (Å²) in [6.07, 6.45) is 0. The van der Waals surface area contributed by atoms with Gasteiger partial charge in [-0.3, -0.25) is 10.1 Å². The van der Waals surface area contributed by atoms with E-state index in [0.29, 0.717) is 11.3 Å². The van der Waals surface area contributed by atoms with Crippen molar-refractivity contribution >= 4 is 45.7 Å². The number of fused-ring (bicyclic) bond motifs is 1. The zero-order valence-corrected chi connectivity index (χ0v) is 13.8. The molecule has 3 rings (SSSR count). The summed E-state index contributed by atoms with van der Waals surface area (Å²) in [6.45, 7) is 0. The second-order valence-electron chi connectivity index (χ2n) is 5.33. The maximum absolute atomic E-state index is 12.3. The van der Waals surface area contributed by atoms with Crippen molar-refractivity contribution in [1.82, 2.24) is 5.32 Å². The lowest BCUT2D eigenvalue weighted by molar-refractivity contribution is -0.255. The molecule has 0 unspecified atom stereocenters. The average molecular weight is 349 g/mol. The lowest BCUT2D eigenvalue weighted by Crippen LogP contribution is -2.34. The summed E-state index contributed by atoms with van der Waals surface area (Å²) in [4.78, 5) is 23.0. The molecular weight excluding hydrogens is 336 g/mol. The maximum Gasteiger partial charge on any atom is 0.257 e.